The molecule has 0 aromatic rings. The maximum Gasteiger partial charge on any atom is 0.414 e. The largest absolute Gasteiger partial charge is 0.414 e. The van der Waals surface area contributed by atoms with Crippen LogP contribution in [0.15, 0.2) is 24.3 Å². The molecule has 0 aliphatic carbocycles. The van der Waals surface area contributed by atoms with Gasteiger partial charge in [0.25, 0.3) is 0 Å². The summed E-state index contributed by atoms with van der Waals surface area (Å²) in [5.41, 5.74) is 0.666. The minimum atomic E-state index is -4.34. The quantitative estimate of drug-likeness (QED) is 0.686. The summed E-state index contributed by atoms with van der Waals surface area (Å²) < 4.78 is 47.7. The molecule has 16 heavy (non-hydrogen) atoms. The first-order chi connectivity index (χ1) is 7.49. The van der Waals surface area contributed by atoms with Crippen LogP contribution in [0.3, 0.4) is 0 Å². The van der Waals surface area contributed by atoms with Gasteiger partial charge in [-0.2, -0.15) is 13.2 Å². The second-order valence-corrected chi connectivity index (χ2v) is 3.49. The van der Waals surface area contributed by atoms with Crippen molar-refractivity contribution in [3.8, 4) is 0 Å². The third kappa shape index (κ3) is 3.35. The lowest BCUT2D eigenvalue weighted by atomic mass is 10.0. The molecule has 1 heterocycles. The summed E-state index contributed by atoms with van der Waals surface area (Å²) in [6.07, 6.45) is -3.67. The number of alkyl halides is 3. The van der Waals surface area contributed by atoms with E-state index in [-0.39, 0.29) is 19.6 Å². The molecule has 0 aromatic heterocycles. The van der Waals surface area contributed by atoms with Crippen LogP contribution in [0.2, 0.25) is 0 Å². The molecular weight excluding hydrogens is 221 g/mol. The molecule has 0 amide bonds. The SMILES string of the molecule is C=C/C(=C\C)C1CC(C(F)(F)F)OCCO1. The van der Waals surface area contributed by atoms with Crippen molar-refractivity contribution in [2.75, 3.05) is 13.2 Å². The minimum Gasteiger partial charge on any atom is -0.371 e. The fraction of sp³-hybridized carbons (Fsp3) is 0.636. The van der Waals surface area contributed by atoms with E-state index in [1.54, 1.807) is 13.0 Å². The summed E-state index contributed by atoms with van der Waals surface area (Å²) in [4.78, 5) is 0. The van der Waals surface area contributed by atoms with E-state index in [9.17, 15) is 13.2 Å². The second kappa shape index (κ2) is 5.50. The highest BCUT2D eigenvalue weighted by atomic mass is 19.4. The molecule has 0 aromatic carbocycles. The first kappa shape index (κ1) is 13.3. The Labute approximate surface area is 92.7 Å². The van der Waals surface area contributed by atoms with Gasteiger partial charge in [-0.25, -0.2) is 0 Å². The Balaban J connectivity index is 2.77. The number of allylic oxidation sites excluding steroid dienone is 1. The maximum atomic E-state index is 12.5. The molecule has 2 unspecified atom stereocenters. The maximum absolute atomic E-state index is 12.5. The number of halogens is 3. The molecule has 2 nitrogen and oxygen atoms in total. The molecule has 0 radical (unpaired) electrons. The van der Waals surface area contributed by atoms with E-state index in [2.05, 4.69) is 6.58 Å². The van der Waals surface area contributed by atoms with Crippen molar-refractivity contribution in [1.82, 2.24) is 0 Å². The molecule has 2 atom stereocenters. The molecule has 1 aliphatic rings. The lowest BCUT2D eigenvalue weighted by molar-refractivity contribution is -0.219. The van der Waals surface area contributed by atoms with Crippen LogP contribution < -0.4 is 0 Å². The van der Waals surface area contributed by atoms with Gasteiger partial charge in [-0.3, -0.25) is 0 Å². The van der Waals surface area contributed by atoms with Gasteiger partial charge in [-0.1, -0.05) is 18.7 Å². The molecule has 0 spiro atoms. The average Bonchev–Trinajstić information content (AvgIpc) is 2.45. The normalized spacial score (nSPS) is 28.6. The standard InChI is InChI=1S/C11H15F3O2/c1-3-8(4-2)9-7-10(11(12,13)14)16-6-5-15-9/h3-4,9-10H,1,5-7H2,2H3/b8-4+. The zero-order valence-corrected chi connectivity index (χ0v) is 9.09. The molecule has 1 rings (SSSR count). The molecule has 5 heteroatoms. The first-order valence-electron chi connectivity index (χ1n) is 5.07. The molecule has 0 N–H and O–H groups in total. The van der Waals surface area contributed by atoms with Gasteiger partial charge in [-0.05, 0) is 12.5 Å². The van der Waals surface area contributed by atoms with Gasteiger partial charge in [0.05, 0.1) is 19.3 Å². The van der Waals surface area contributed by atoms with Gasteiger partial charge in [0.15, 0.2) is 6.10 Å². The summed E-state index contributed by atoms with van der Waals surface area (Å²) in [5, 5.41) is 0. The van der Waals surface area contributed by atoms with Gasteiger partial charge >= 0.3 is 6.18 Å². The fourth-order valence-corrected chi connectivity index (χ4v) is 1.61. The monoisotopic (exact) mass is 236 g/mol. The fourth-order valence-electron chi connectivity index (χ4n) is 1.61. The van der Waals surface area contributed by atoms with Gasteiger partial charge in [0.1, 0.15) is 0 Å². The number of ether oxygens (including phenoxy) is 2. The first-order valence-corrected chi connectivity index (χ1v) is 5.07. The van der Waals surface area contributed by atoms with Crippen molar-refractivity contribution in [1.29, 1.82) is 0 Å². The lowest BCUT2D eigenvalue weighted by Crippen LogP contribution is -2.34. The van der Waals surface area contributed by atoms with Crippen LogP contribution in [0.25, 0.3) is 0 Å². The van der Waals surface area contributed by atoms with Crippen molar-refractivity contribution in [3.63, 3.8) is 0 Å². The summed E-state index contributed by atoms with van der Waals surface area (Å²) in [5.74, 6) is 0. The average molecular weight is 236 g/mol. The molecular formula is C11H15F3O2. The predicted molar refractivity (Wildman–Crippen MR) is 54.1 cm³/mol. The Bertz CT molecular complexity index is 271. The number of hydrogen-bond donors (Lipinski definition) is 0. The summed E-state index contributed by atoms with van der Waals surface area (Å²) >= 11 is 0. The van der Waals surface area contributed by atoms with Crippen LogP contribution in [-0.4, -0.2) is 31.6 Å². The van der Waals surface area contributed by atoms with E-state index in [0.29, 0.717) is 5.57 Å². The van der Waals surface area contributed by atoms with Crippen LogP contribution in [0.4, 0.5) is 13.2 Å². The van der Waals surface area contributed by atoms with Crippen molar-refractivity contribution in [3.05, 3.63) is 24.3 Å². The van der Waals surface area contributed by atoms with E-state index in [1.165, 1.54) is 6.08 Å². The Morgan fingerprint density at radius 1 is 1.31 bits per heavy atom. The highest BCUT2D eigenvalue weighted by Gasteiger charge is 2.43. The second-order valence-electron chi connectivity index (χ2n) is 3.49. The van der Waals surface area contributed by atoms with E-state index >= 15 is 0 Å². The van der Waals surface area contributed by atoms with Crippen LogP contribution in [-0.2, 0) is 9.47 Å². The topological polar surface area (TPSA) is 18.5 Å². The Morgan fingerprint density at radius 3 is 2.44 bits per heavy atom. The number of hydrogen-bond acceptors (Lipinski definition) is 2. The third-order valence-corrected chi connectivity index (χ3v) is 2.46. The van der Waals surface area contributed by atoms with E-state index < -0.39 is 18.4 Å². The smallest absolute Gasteiger partial charge is 0.371 e. The van der Waals surface area contributed by atoms with Crippen LogP contribution >= 0.6 is 0 Å². The van der Waals surface area contributed by atoms with Gasteiger partial charge in [0.2, 0.25) is 0 Å². The predicted octanol–water partition coefficient (Wildman–Crippen LogP) is 2.86. The van der Waals surface area contributed by atoms with Crippen molar-refractivity contribution < 1.29 is 22.6 Å². The third-order valence-electron chi connectivity index (χ3n) is 2.46. The molecule has 92 valence electrons. The molecule has 1 fully saturated rings. The van der Waals surface area contributed by atoms with Crippen molar-refractivity contribution in [2.45, 2.75) is 31.7 Å². The Morgan fingerprint density at radius 2 is 1.94 bits per heavy atom. The van der Waals surface area contributed by atoms with E-state index in [1.807, 2.05) is 0 Å². The minimum absolute atomic E-state index is 0.0329. The van der Waals surface area contributed by atoms with Gasteiger partial charge in [-0.15, -0.1) is 0 Å². The zero-order chi connectivity index (χ0) is 12.2. The molecule has 0 bridgehead atoms. The van der Waals surface area contributed by atoms with Crippen LogP contribution in [0, 0.1) is 0 Å². The lowest BCUT2D eigenvalue weighted by Gasteiger charge is -2.22. The van der Waals surface area contributed by atoms with E-state index in [0.717, 1.165) is 0 Å². The highest BCUT2D eigenvalue weighted by molar-refractivity contribution is 5.20. The molecule has 0 saturated carbocycles. The Hall–Kier alpha value is -0.810. The van der Waals surface area contributed by atoms with Gasteiger partial charge < -0.3 is 9.47 Å². The van der Waals surface area contributed by atoms with Crippen LogP contribution in [0.1, 0.15) is 13.3 Å². The van der Waals surface area contributed by atoms with Gasteiger partial charge in [0, 0.05) is 6.42 Å². The summed E-state index contributed by atoms with van der Waals surface area (Å²) in [6.45, 7) is 5.44. The number of rotatable bonds is 2. The van der Waals surface area contributed by atoms with Crippen molar-refractivity contribution >= 4 is 0 Å². The van der Waals surface area contributed by atoms with E-state index in [4.69, 9.17) is 9.47 Å². The molecule has 1 saturated heterocycles. The van der Waals surface area contributed by atoms with Crippen molar-refractivity contribution in [2.24, 2.45) is 0 Å². The van der Waals surface area contributed by atoms with Crippen LogP contribution in [0.5, 0.6) is 0 Å². The Kier molecular flexibility index (Phi) is 4.56. The zero-order valence-electron chi connectivity index (χ0n) is 9.09. The highest BCUT2D eigenvalue weighted by Crippen LogP contribution is 2.30. The summed E-state index contributed by atoms with van der Waals surface area (Å²) in [7, 11) is 0. The summed E-state index contributed by atoms with van der Waals surface area (Å²) in [6, 6.07) is 0. The molecule has 1 aliphatic heterocycles.